The van der Waals surface area contributed by atoms with Gasteiger partial charge in [-0.3, -0.25) is 14.3 Å². The molecule has 0 fully saturated rings. The number of hydrogen-bond acceptors (Lipinski definition) is 5. The van der Waals surface area contributed by atoms with Gasteiger partial charge in [-0.1, -0.05) is 0 Å². The van der Waals surface area contributed by atoms with E-state index in [0.29, 0.717) is 5.52 Å². The average Bonchev–Trinajstić information content (AvgIpc) is 2.74. The van der Waals surface area contributed by atoms with Crippen LogP contribution in [0.3, 0.4) is 0 Å². The van der Waals surface area contributed by atoms with Crippen molar-refractivity contribution in [2.75, 3.05) is 0 Å². The fraction of sp³-hybridized carbons (Fsp3) is 0.333. The lowest BCUT2D eigenvalue weighted by molar-refractivity contribution is -0.155. The zero-order valence-corrected chi connectivity index (χ0v) is 13.0. The third-order valence-electron chi connectivity index (χ3n) is 2.93. The van der Waals surface area contributed by atoms with E-state index in [1.165, 1.54) is 22.9 Å². The Hall–Kier alpha value is -2.90. The molecular weight excluding hydrogens is 302 g/mol. The molecule has 0 aliphatic carbocycles. The number of ether oxygens (including phenoxy) is 1. The van der Waals surface area contributed by atoms with E-state index < -0.39 is 23.4 Å². The van der Waals surface area contributed by atoms with Crippen molar-refractivity contribution in [2.45, 2.75) is 32.9 Å². The molecule has 1 aromatic carbocycles. The number of benzene rings is 1. The van der Waals surface area contributed by atoms with Crippen LogP contribution in [0.4, 0.5) is 0 Å². The van der Waals surface area contributed by atoms with E-state index in [9.17, 15) is 14.4 Å². The molecule has 122 valence electrons. The molecule has 2 aromatic rings. The molecule has 1 amide bonds. The van der Waals surface area contributed by atoms with E-state index >= 15 is 0 Å². The van der Waals surface area contributed by atoms with Crippen LogP contribution in [0.25, 0.3) is 10.9 Å². The van der Waals surface area contributed by atoms with Gasteiger partial charge in [0, 0.05) is 5.39 Å². The molecule has 0 saturated heterocycles. The van der Waals surface area contributed by atoms with Gasteiger partial charge in [0.1, 0.15) is 12.1 Å². The van der Waals surface area contributed by atoms with Gasteiger partial charge in [0.15, 0.2) is 5.69 Å². The minimum atomic E-state index is -1.14. The summed E-state index contributed by atoms with van der Waals surface area (Å²) in [4.78, 5) is 34.5. The second-order valence-electron chi connectivity index (χ2n) is 5.99. The maximum absolute atomic E-state index is 11.9. The minimum Gasteiger partial charge on any atom is -0.478 e. The Morgan fingerprint density at radius 2 is 1.96 bits per heavy atom. The molecule has 23 heavy (non-hydrogen) atoms. The third-order valence-corrected chi connectivity index (χ3v) is 2.93. The molecule has 0 unspecified atom stereocenters. The van der Waals surface area contributed by atoms with E-state index in [-0.39, 0.29) is 23.2 Å². The first-order valence-electron chi connectivity index (χ1n) is 6.84. The van der Waals surface area contributed by atoms with E-state index in [1.54, 1.807) is 20.8 Å². The number of carbonyl (C=O) groups is 3. The van der Waals surface area contributed by atoms with Crippen molar-refractivity contribution in [3.05, 3.63) is 29.5 Å². The Labute approximate surface area is 131 Å². The van der Waals surface area contributed by atoms with E-state index in [4.69, 9.17) is 15.6 Å². The Morgan fingerprint density at radius 3 is 2.48 bits per heavy atom. The molecule has 0 bridgehead atoms. The van der Waals surface area contributed by atoms with Crippen LogP contribution in [0.15, 0.2) is 18.2 Å². The summed E-state index contributed by atoms with van der Waals surface area (Å²) in [6, 6.07) is 4.14. The number of nitrogens with zero attached hydrogens (tertiary/aromatic N) is 2. The molecule has 0 saturated carbocycles. The SMILES string of the molecule is CC(C)(C)OC(=O)Cn1nc(C(N)=O)c2cc(C(=O)O)ccc21. The topological polar surface area (TPSA) is 125 Å². The van der Waals surface area contributed by atoms with Gasteiger partial charge >= 0.3 is 11.9 Å². The lowest BCUT2D eigenvalue weighted by Gasteiger charge is -2.19. The van der Waals surface area contributed by atoms with Gasteiger partial charge in [0.25, 0.3) is 5.91 Å². The molecule has 2 rings (SSSR count). The maximum Gasteiger partial charge on any atom is 0.335 e. The Bertz CT molecular complexity index is 801. The predicted octanol–water partition coefficient (Wildman–Crippen LogP) is 1.18. The number of hydrogen-bond donors (Lipinski definition) is 2. The van der Waals surface area contributed by atoms with Crippen molar-refractivity contribution < 1.29 is 24.2 Å². The fourth-order valence-electron chi connectivity index (χ4n) is 2.11. The van der Waals surface area contributed by atoms with Crippen LogP contribution in [0.5, 0.6) is 0 Å². The van der Waals surface area contributed by atoms with Gasteiger partial charge in [0.05, 0.1) is 11.1 Å². The van der Waals surface area contributed by atoms with Crippen LogP contribution < -0.4 is 5.73 Å². The number of aromatic carboxylic acids is 1. The second kappa shape index (κ2) is 5.71. The van der Waals surface area contributed by atoms with E-state index in [2.05, 4.69) is 5.10 Å². The van der Waals surface area contributed by atoms with Gasteiger partial charge in [-0.25, -0.2) is 4.79 Å². The van der Waals surface area contributed by atoms with Crippen LogP contribution >= 0.6 is 0 Å². The standard InChI is InChI=1S/C15H17N3O5/c1-15(2,3)23-11(19)7-18-10-5-4-8(14(21)22)6-9(10)12(17-18)13(16)20/h4-6H,7H2,1-3H3,(H2,16,20)(H,21,22). The van der Waals surface area contributed by atoms with Crippen molar-refractivity contribution in [1.29, 1.82) is 0 Å². The number of fused-ring (bicyclic) bond motifs is 1. The highest BCUT2D eigenvalue weighted by molar-refractivity contribution is 6.06. The lowest BCUT2D eigenvalue weighted by Crippen LogP contribution is -2.27. The highest BCUT2D eigenvalue weighted by Crippen LogP contribution is 2.21. The summed E-state index contributed by atoms with van der Waals surface area (Å²) in [5, 5.41) is 13.3. The molecule has 0 spiro atoms. The first-order valence-corrected chi connectivity index (χ1v) is 6.84. The van der Waals surface area contributed by atoms with Crippen LogP contribution in [-0.4, -0.2) is 38.3 Å². The number of primary amides is 1. The van der Waals surface area contributed by atoms with Crippen molar-refractivity contribution in [1.82, 2.24) is 9.78 Å². The maximum atomic E-state index is 11.9. The highest BCUT2D eigenvalue weighted by Gasteiger charge is 2.21. The average molecular weight is 319 g/mol. The number of aromatic nitrogens is 2. The van der Waals surface area contributed by atoms with Crippen LogP contribution in [0.1, 0.15) is 41.6 Å². The number of nitrogens with two attached hydrogens (primary N) is 1. The van der Waals surface area contributed by atoms with Crippen molar-refractivity contribution in [3.63, 3.8) is 0 Å². The smallest absolute Gasteiger partial charge is 0.335 e. The summed E-state index contributed by atoms with van der Waals surface area (Å²) in [5.41, 5.74) is 4.96. The van der Waals surface area contributed by atoms with Crippen LogP contribution in [0.2, 0.25) is 0 Å². The van der Waals surface area contributed by atoms with Gasteiger partial charge in [0.2, 0.25) is 0 Å². The Morgan fingerprint density at radius 1 is 1.30 bits per heavy atom. The third kappa shape index (κ3) is 3.65. The lowest BCUT2D eigenvalue weighted by atomic mass is 10.1. The predicted molar refractivity (Wildman–Crippen MR) is 81.1 cm³/mol. The molecule has 0 aliphatic heterocycles. The molecule has 1 heterocycles. The zero-order chi connectivity index (χ0) is 17.4. The monoisotopic (exact) mass is 319 g/mol. The molecule has 1 aromatic heterocycles. The van der Waals surface area contributed by atoms with Crippen molar-refractivity contribution in [3.8, 4) is 0 Å². The number of carbonyl (C=O) groups excluding carboxylic acids is 2. The van der Waals surface area contributed by atoms with E-state index in [0.717, 1.165) is 0 Å². The molecule has 3 N–H and O–H groups in total. The van der Waals surface area contributed by atoms with Gasteiger partial charge < -0.3 is 15.6 Å². The first kappa shape index (κ1) is 16.5. The number of esters is 1. The number of carboxylic acids is 1. The van der Waals surface area contributed by atoms with Crippen molar-refractivity contribution >= 4 is 28.7 Å². The molecule has 8 nitrogen and oxygen atoms in total. The largest absolute Gasteiger partial charge is 0.478 e. The fourth-order valence-corrected chi connectivity index (χ4v) is 2.11. The van der Waals surface area contributed by atoms with Crippen LogP contribution in [-0.2, 0) is 16.1 Å². The summed E-state index contributed by atoms with van der Waals surface area (Å²) < 4.78 is 6.49. The zero-order valence-electron chi connectivity index (χ0n) is 13.0. The number of carboxylic acid groups (broad SMARTS) is 1. The van der Waals surface area contributed by atoms with E-state index in [1.807, 2.05) is 0 Å². The summed E-state index contributed by atoms with van der Waals surface area (Å²) in [6.07, 6.45) is 0. The summed E-state index contributed by atoms with van der Waals surface area (Å²) in [5.74, 6) is -2.47. The quantitative estimate of drug-likeness (QED) is 0.815. The summed E-state index contributed by atoms with van der Waals surface area (Å²) in [6.45, 7) is 4.99. The van der Waals surface area contributed by atoms with Crippen molar-refractivity contribution in [2.24, 2.45) is 5.73 Å². The molecular formula is C15H17N3O5. The number of amides is 1. The molecule has 0 radical (unpaired) electrons. The molecule has 0 atom stereocenters. The van der Waals surface area contributed by atoms with Gasteiger partial charge in [-0.15, -0.1) is 0 Å². The van der Waals surface area contributed by atoms with Crippen LogP contribution in [0, 0.1) is 0 Å². The summed E-state index contributed by atoms with van der Waals surface area (Å²) >= 11 is 0. The Balaban J connectivity index is 2.47. The Kier molecular flexibility index (Phi) is 4.09. The van der Waals surface area contributed by atoms with Gasteiger partial charge in [-0.05, 0) is 39.0 Å². The van der Waals surface area contributed by atoms with Gasteiger partial charge in [-0.2, -0.15) is 5.10 Å². The number of rotatable bonds is 4. The minimum absolute atomic E-state index is 0.00295. The normalized spacial score (nSPS) is 11.4. The first-order chi connectivity index (χ1) is 10.6. The molecule has 8 heteroatoms. The second-order valence-corrected chi connectivity index (χ2v) is 5.99. The highest BCUT2D eigenvalue weighted by atomic mass is 16.6. The molecule has 0 aliphatic rings. The summed E-state index contributed by atoms with van der Waals surface area (Å²) in [7, 11) is 0.